The zero-order valence-corrected chi connectivity index (χ0v) is 17.9. The van der Waals surface area contributed by atoms with Gasteiger partial charge < -0.3 is 9.47 Å². The molecule has 0 bridgehead atoms. The third-order valence-electron chi connectivity index (χ3n) is 6.11. The van der Waals surface area contributed by atoms with Crippen molar-refractivity contribution in [2.75, 3.05) is 18.0 Å². The number of aryl methyl sites for hydroxylation is 2. The number of para-hydroxylation sites is 1. The van der Waals surface area contributed by atoms with Crippen LogP contribution >= 0.6 is 11.3 Å². The summed E-state index contributed by atoms with van der Waals surface area (Å²) >= 11 is 1.78. The van der Waals surface area contributed by atoms with Crippen LogP contribution in [0.15, 0.2) is 47.3 Å². The van der Waals surface area contributed by atoms with Crippen molar-refractivity contribution in [3.05, 3.63) is 69.0 Å². The standard InChI is InChI=1S/C24H22N4OS/c1-15-7-8-17-20(13-15)27(2)24(29)18(14-25)22(17)28-11-9-16(10-12-28)23-26-19-5-3-4-6-21(19)30-23/h3-8,13,16H,9-12H2,1-2H3. The van der Waals surface area contributed by atoms with Crippen LogP contribution < -0.4 is 10.5 Å². The zero-order valence-electron chi connectivity index (χ0n) is 17.1. The van der Waals surface area contributed by atoms with Crippen LogP contribution in [0, 0.1) is 18.3 Å². The van der Waals surface area contributed by atoms with Crippen molar-refractivity contribution < 1.29 is 0 Å². The lowest BCUT2D eigenvalue weighted by Crippen LogP contribution is -2.35. The molecule has 3 heterocycles. The first kappa shape index (κ1) is 18.8. The molecule has 150 valence electrons. The topological polar surface area (TPSA) is 61.9 Å². The summed E-state index contributed by atoms with van der Waals surface area (Å²) in [5, 5.41) is 11.9. The van der Waals surface area contributed by atoms with Crippen LogP contribution in [0.3, 0.4) is 0 Å². The second-order valence-electron chi connectivity index (χ2n) is 8.00. The SMILES string of the molecule is Cc1ccc2c(N3CCC(c4nc5ccccc5s4)CC3)c(C#N)c(=O)n(C)c2c1. The van der Waals surface area contributed by atoms with Crippen molar-refractivity contribution in [3.63, 3.8) is 0 Å². The third-order valence-corrected chi connectivity index (χ3v) is 7.31. The summed E-state index contributed by atoms with van der Waals surface area (Å²) in [7, 11) is 1.74. The Morgan fingerprint density at radius 2 is 1.93 bits per heavy atom. The van der Waals surface area contributed by atoms with Crippen LogP contribution in [-0.4, -0.2) is 22.6 Å². The molecule has 4 aromatic rings. The minimum absolute atomic E-state index is 0.223. The number of aromatic nitrogens is 2. The highest BCUT2D eigenvalue weighted by molar-refractivity contribution is 7.18. The Kier molecular flexibility index (Phi) is 4.56. The van der Waals surface area contributed by atoms with Crippen molar-refractivity contribution in [2.45, 2.75) is 25.7 Å². The first-order valence-corrected chi connectivity index (χ1v) is 11.0. The minimum atomic E-state index is -0.223. The van der Waals surface area contributed by atoms with Crippen molar-refractivity contribution in [2.24, 2.45) is 7.05 Å². The number of pyridine rings is 1. The van der Waals surface area contributed by atoms with Gasteiger partial charge in [0.25, 0.3) is 5.56 Å². The Morgan fingerprint density at radius 3 is 2.67 bits per heavy atom. The van der Waals surface area contributed by atoms with Gasteiger partial charge in [-0.1, -0.05) is 24.3 Å². The Balaban J connectivity index is 1.51. The first-order chi connectivity index (χ1) is 14.6. The largest absolute Gasteiger partial charge is 0.370 e. The normalized spacial score (nSPS) is 15.0. The van der Waals surface area contributed by atoms with E-state index >= 15 is 0 Å². The predicted molar refractivity (Wildman–Crippen MR) is 122 cm³/mol. The molecule has 30 heavy (non-hydrogen) atoms. The average Bonchev–Trinajstić information content (AvgIpc) is 3.21. The van der Waals surface area contributed by atoms with Crippen LogP contribution in [0.25, 0.3) is 21.1 Å². The molecule has 6 heteroatoms. The maximum Gasteiger partial charge on any atom is 0.270 e. The number of benzene rings is 2. The number of nitriles is 1. The highest BCUT2D eigenvalue weighted by atomic mass is 32.1. The smallest absolute Gasteiger partial charge is 0.270 e. The van der Waals surface area contributed by atoms with Gasteiger partial charge in [0.05, 0.1) is 26.4 Å². The fourth-order valence-corrected chi connectivity index (χ4v) is 5.61. The Bertz CT molecular complexity index is 1340. The Hall–Kier alpha value is -3.17. The van der Waals surface area contributed by atoms with Crippen molar-refractivity contribution in [3.8, 4) is 6.07 Å². The zero-order chi connectivity index (χ0) is 20.8. The second kappa shape index (κ2) is 7.26. The average molecular weight is 415 g/mol. The van der Waals surface area contributed by atoms with Crippen molar-refractivity contribution in [1.82, 2.24) is 9.55 Å². The van der Waals surface area contributed by atoms with Gasteiger partial charge in [0, 0.05) is 31.4 Å². The van der Waals surface area contributed by atoms with Gasteiger partial charge in [0.1, 0.15) is 11.6 Å². The number of fused-ring (bicyclic) bond motifs is 2. The number of hydrogen-bond acceptors (Lipinski definition) is 5. The molecule has 0 unspecified atom stereocenters. The highest BCUT2D eigenvalue weighted by Crippen LogP contribution is 2.37. The number of thiazole rings is 1. The van der Waals surface area contributed by atoms with E-state index in [1.54, 1.807) is 23.0 Å². The number of nitrogens with zero attached hydrogens (tertiary/aromatic N) is 4. The van der Waals surface area contributed by atoms with E-state index in [0.717, 1.165) is 53.6 Å². The summed E-state index contributed by atoms with van der Waals surface area (Å²) < 4.78 is 2.83. The molecule has 1 fully saturated rings. The van der Waals surface area contributed by atoms with Crippen LogP contribution in [0.5, 0.6) is 0 Å². The summed E-state index contributed by atoms with van der Waals surface area (Å²) in [5.41, 5.74) is 3.86. The van der Waals surface area contributed by atoms with Gasteiger partial charge in [0.2, 0.25) is 0 Å². The molecule has 1 aliphatic rings. The molecular weight excluding hydrogens is 392 g/mol. The van der Waals surface area contributed by atoms with E-state index in [-0.39, 0.29) is 11.1 Å². The van der Waals surface area contributed by atoms with Crippen LogP contribution in [0.2, 0.25) is 0 Å². The van der Waals surface area contributed by atoms with Gasteiger partial charge >= 0.3 is 0 Å². The molecule has 1 saturated heterocycles. The number of hydrogen-bond donors (Lipinski definition) is 0. The Labute approximate surface area is 178 Å². The van der Waals surface area contributed by atoms with E-state index in [9.17, 15) is 10.1 Å². The molecule has 0 amide bonds. The molecule has 0 N–H and O–H groups in total. The lowest BCUT2D eigenvalue weighted by atomic mass is 9.95. The van der Waals surface area contributed by atoms with Gasteiger partial charge in [-0.2, -0.15) is 5.26 Å². The molecule has 0 spiro atoms. The van der Waals surface area contributed by atoms with Crippen LogP contribution in [0.4, 0.5) is 5.69 Å². The summed E-state index contributed by atoms with van der Waals surface area (Å²) in [6.45, 7) is 3.64. The van der Waals surface area contributed by atoms with Gasteiger partial charge in [0.15, 0.2) is 0 Å². The van der Waals surface area contributed by atoms with Gasteiger partial charge in [-0.05, 0) is 43.5 Å². The molecule has 2 aromatic heterocycles. The molecule has 1 aliphatic heterocycles. The summed E-state index contributed by atoms with van der Waals surface area (Å²) in [6.07, 6.45) is 1.93. The van der Waals surface area contributed by atoms with Gasteiger partial charge in [-0.3, -0.25) is 4.79 Å². The molecule has 2 aromatic carbocycles. The van der Waals surface area contributed by atoms with E-state index in [4.69, 9.17) is 4.98 Å². The summed E-state index contributed by atoms with van der Waals surface area (Å²) in [5.74, 6) is 0.421. The number of piperidine rings is 1. The summed E-state index contributed by atoms with van der Waals surface area (Å²) in [4.78, 5) is 20.0. The van der Waals surface area contributed by atoms with E-state index < -0.39 is 0 Å². The molecule has 0 aliphatic carbocycles. The molecule has 0 saturated carbocycles. The van der Waals surface area contributed by atoms with Crippen molar-refractivity contribution >= 4 is 38.1 Å². The molecule has 0 radical (unpaired) electrons. The summed E-state index contributed by atoms with van der Waals surface area (Å²) in [6, 6.07) is 16.6. The highest BCUT2D eigenvalue weighted by Gasteiger charge is 2.27. The Morgan fingerprint density at radius 1 is 1.17 bits per heavy atom. The quantitative estimate of drug-likeness (QED) is 0.476. The lowest BCUT2D eigenvalue weighted by molar-refractivity contribution is 0.504. The maximum atomic E-state index is 12.9. The van der Waals surface area contributed by atoms with E-state index in [1.165, 1.54) is 9.71 Å². The van der Waals surface area contributed by atoms with Gasteiger partial charge in [-0.15, -0.1) is 11.3 Å². The van der Waals surface area contributed by atoms with Crippen molar-refractivity contribution in [1.29, 1.82) is 5.26 Å². The molecular formula is C24H22N4OS. The predicted octanol–water partition coefficient (Wildman–Crippen LogP) is 4.71. The van der Waals surface area contributed by atoms with Crippen LogP contribution in [0.1, 0.15) is 34.9 Å². The first-order valence-electron chi connectivity index (χ1n) is 10.2. The lowest BCUT2D eigenvalue weighted by Gasteiger charge is -2.34. The number of rotatable bonds is 2. The van der Waals surface area contributed by atoms with Gasteiger partial charge in [-0.25, -0.2) is 4.98 Å². The fraction of sp³-hybridized carbons (Fsp3) is 0.292. The molecule has 0 atom stereocenters. The van der Waals surface area contributed by atoms with E-state index in [1.807, 2.05) is 31.2 Å². The minimum Gasteiger partial charge on any atom is -0.370 e. The van der Waals surface area contributed by atoms with Crippen LogP contribution in [-0.2, 0) is 7.05 Å². The fourth-order valence-electron chi connectivity index (χ4n) is 4.48. The number of anilines is 1. The molecule has 5 nitrogen and oxygen atoms in total. The maximum absolute atomic E-state index is 12.9. The van der Waals surface area contributed by atoms with E-state index in [0.29, 0.717) is 5.92 Å². The monoisotopic (exact) mass is 414 g/mol. The third kappa shape index (κ3) is 2.98. The molecule has 5 rings (SSSR count). The second-order valence-corrected chi connectivity index (χ2v) is 9.06. The van der Waals surface area contributed by atoms with E-state index in [2.05, 4.69) is 29.2 Å².